The van der Waals surface area contributed by atoms with E-state index in [0.29, 0.717) is 52.8 Å². The Bertz CT molecular complexity index is 820. The first kappa shape index (κ1) is 19.0. The van der Waals surface area contributed by atoms with Crippen molar-refractivity contribution in [3.05, 3.63) is 39.8 Å². The molecule has 2 aromatic rings. The lowest BCUT2D eigenvalue weighted by Crippen LogP contribution is -2.19. The number of benzene rings is 1. The average Bonchev–Trinajstić information content (AvgIpc) is 2.59. The summed E-state index contributed by atoms with van der Waals surface area (Å²) in [7, 11) is 0. The third-order valence-electron chi connectivity index (χ3n) is 3.63. The molecular formula is C17H21ClN4O3. The van der Waals surface area contributed by atoms with E-state index in [1.54, 1.807) is 25.1 Å². The number of ether oxygens (including phenoxy) is 1. The van der Waals surface area contributed by atoms with Gasteiger partial charge in [0.25, 0.3) is 5.56 Å². The van der Waals surface area contributed by atoms with Gasteiger partial charge in [0.15, 0.2) is 0 Å². The second-order valence-corrected chi connectivity index (χ2v) is 5.59. The van der Waals surface area contributed by atoms with Crippen LogP contribution >= 0.6 is 11.9 Å². The molecule has 2 rings (SSSR count). The summed E-state index contributed by atoms with van der Waals surface area (Å²) in [5.74, 6) is 0.885. The smallest absolute Gasteiger partial charge is 0.254 e. The van der Waals surface area contributed by atoms with E-state index in [2.05, 4.69) is 19.8 Å². The first-order chi connectivity index (χ1) is 12.0. The minimum atomic E-state index is -0.282. The van der Waals surface area contributed by atoms with Crippen molar-refractivity contribution in [2.75, 3.05) is 12.1 Å². The maximum atomic E-state index is 12.3. The van der Waals surface area contributed by atoms with Crippen LogP contribution in [0.3, 0.4) is 0 Å². The zero-order valence-electron chi connectivity index (χ0n) is 14.4. The number of rotatable bonds is 8. The fraction of sp³-hybridized carbons (Fsp3) is 0.353. The van der Waals surface area contributed by atoms with Gasteiger partial charge in [-0.2, -0.15) is 4.39 Å². The van der Waals surface area contributed by atoms with Crippen LogP contribution in [-0.4, -0.2) is 22.3 Å². The van der Waals surface area contributed by atoms with Gasteiger partial charge in [-0.15, -0.1) is 0 Å². The van der Waals surface area contributed by atoms with Crippen molar-refractivity contribution in [2.24, 2.45) is 0 Å². The molecule has 0 saturated carbocycles. The van der Waals surface area contributed by atoms with Gasteiger partial charge in [-0.1, -0.05) is 13.3 Å². The number of nitrogens with zero attached hydrogens (tertiary/aromatic N) is 1. The fourth-order valence-corrected chi connectivity index (χ4v) is 2.52. The molecule has 0 fully saturated rings. The Kier molecular flexibility index (Phi) is 6.55. The van der Waals surface area contributed by atoms with Crippen LogP contribution in [0.2, 0.25) is 0 Å². The first-order valence-corrected chi connectivity index (χ1v) is 8.32. The summed E-state index contributed by atoms with van der Waals surface area (Å²) in [6, 6.07) is 5.16. The van der Waals surface area contributed by atoms with Crippen molar-refractivity contribution in [3.8, 4) is 17.1 Å². The summed E-state index contributed by atoms with van der Waals surface area (Å²) in [6.45, 7) is 5.97. The minimum absolute atomic E-state index is 0.282. The predicted molar refractivity (Wildman–Crippen MR) is 98.5 cm³/mol. The lowest BCUT2D eigenvalue weighted by atomic mass is 10.1. The molecule has 0 saturated heterocycles. The highest BCUT2D eigenvalue weighted by atomic mass is 35.5. The maximum Gasteiger partial charge on any atom is 0.254 e. The Morgan fingerprint density at radius 2 is 2.16 bits per heavy atom. The van der Waals surface area contributed by atoms with E-state index >= 15 is 0 Å². The number of anilines is 1. The highest BCUT2D eigenvalue weighted by Crippen LogP contribution is 2.31. The van der Waals surface area contributed by atoms with Crippen LogP contribution in [0.25, 0.3) is 11.4 Å². The standard InChI is InChI=1S/C17H21ClN4O3/c1-4-6-13(19)15-10(3)17(23)21-16(20-15)12-9-11(22-25-18)7-8-14(12)24-5-2/h7-9,19,22H,4-6H2,1-3H3,(H,20,21,23). The van der Waals surface area contributed by atoms with E-state index in [1.165, 1.54) is 0 Å². The second kappa shape index (κ2) is 8.64. The zero-order chi connectivity index (χ0) is 18.4. The van der Waals surface area contributed by atoms with Gasteiger partial charge in [0, 0.05) is 5.56 Å². The number of aromatic nitrogens is 2. The summed E-state index contributed by atoms with van der Waals surface area (Å²) in [6.07, 6.45) is 1.36. The molecule has 1 aromatic carbocycles. The highest BCUT2D eigenvalue weighted by molar-refractivity contribution is 6.07. The van der Waals surface area contributed by atoms with Gasteiger partial charge in [-0.3, -0.25) is 4.79 Å². The van der Waals surface area contributed by atoms with Gasteiger partial charge in [0.05, 0.1) is 41.1 Å². The Hall–Kier alpha value is -2.38. The van der Waals surface area contributed by atoms with E-state index < -0.39 is 0 Å². The third-order valence-corrected chi connectivity index (χ3v) is 3.71. The fourth-order valence-electron chi connectivity index (χ4n) is 2.43. The van der Waals surface area contributed by atoms with Gasteiger partial charge >= 0.3 is 0 Å². The van der Waals surface area contributed by atoms with Gasteiger partial charge in [-0.25, -0.2) is 10.5 Å². The van der Waals surface area contributed by atoms with Crippen LogP contribution in [0.4, 0.5) is 5.69 Å². The maximum absolute atomic E-state index is 12.3. The topological polar surface area (TPSA) is 100 Å². The number of H-pyrrole nitrogens is 1. The van der Waals surface area contributed by atoms with Crippen LogP contribution in [0.5, 0.6) is 5.75 Å². The van der Waals surface area contributed by atoms with Crippen molar-refractivity contribution in [3.63, 3.8) is 0 Å². The molecule has 0 aliphatic heterocycles. The molecule has 0 bridgehead atoms. The van der Waals surface area contributed by atoms with Crippen LogP contribution < -0.4 is 15.8 Å². The van der Waals surface area contributed by atoms with Crippen LogP contribution in [0.15, 0.2) is 23.0 Å². The normalized spacial score (nSPS) is 10.6. The molecule has 0 atom stereocenters. The molecule has 0 amide bonds. The average molecular weight is 365 g/mol. The quantitative estimate of drug-likeness (QED) is 0.488. The highest BCUT2D eigenvalue weighted by Gasteiger charge is 2.16. The van der Waals surface area contributed by atoms with Gasteiger partial charge in [-0.05, 0) is 38.5 Å². The summed E-state index contributed by atoms with van der Waals surface area (Å²) in [5.41, 5.74) is 4.54. The lowest BCUT2D eigenvalue weighted by Gasteiger charge is -2.13. The number of aromatic amines is 1. The molecule has 3 N–H and O–H groups in total. The molecule has 0 aliphatic rings. The Morgan fingerprint density at radius 3 is 2.80 bits per heavy atom. The van der Waals surface area contributed by atoms with E-state index in [-0.39, 0.29) is 5.56 Å². The predicted octanol–water partition coefficient (Wildman–Crippen LogP) is 3.81. The zero-order valence-corrected chi connectivity index (χ0v) is 15.2. The molecule has 0 radical (unpaired) electrons. The number of hydrogen-bond acceptors (Lipinski definition) is 6. The third kappa shape index (κ3) is 4.37. The second-order valence-electron chi connectivity index (χ2n) is 5.44. The van der Waals surface area contributed by atoms with Crippen molar-refractivity contribution in [1.82, 2.24) is 9.97 Å². The summed E-state index contributed by atoms with van der Waals surface area (Å²) in [4.78, 5) is 19.6. The largest absolute Gasteiger partial charge is 0.493 e. The number of halogens is 1. The Labute approximate surface area is 151 Å². The van der Waals surface area contributed by atoms with Crippen LogP contribution in [0, 0.1) is 12.3 Å². The number of hydrogen-bond donors (Lipinski definition) is 3. The molecule has 0 spiro atoms. The van der Waals surface area contributed by atoms with Crippen LogP contribution in [-0.2, 0) is 4.39 Å². The van der Waals surface area contributed by atoms with E-state index in [4.69, 9.17) is 22.0 Å². The molecule has 7 nitrogen and oxygen atoms in total. The van der Waals surface area contributed by atoms with Crippen molar-refractivity contribution < 1.29 is 9.13 Å². The molecule has 0 unspecified atom stereocenters. The summed E-state index contributed by atoms with van der Waals surface area (Å²) < 4.78 is 10.0. The molecule has 134 valence electrons. The summed E-state index contributed by atoms with van der Waals surface area (Å²) in [5, 5.41) is 8.17. The van der Waals surface area contributed by atoms with Crippen LogP contribution in [0.1, 0.15) is 37.9 Å². The Morgan fingerprint density at radius 1 is 1.40 bits per heavy atom. The molecule has 1 aromatic heterocycles. The molecule has 25 heavy (non-hydrogen) atoms. The molecule has 8 heteroatoms. The van der Waals surface area contributed by atoms with E-state index in [9.17, 15) is 4.79 Å². The Balaban J connectivity index is 2.62. The van der Waals surface area contributed by atoms with Crippen molar-refractivity contribution in [2.45, 2.75) is 33.6 Å². The lowest BCUT2D eigenvalue weighted by molar-refractivity contribution is 0.341. The first-order valence-electron chi connectivity index (χ1n) is 8.01. The van der Waals surface area contributed by atoms with Gasteiger partial charge < -0.3 is 15.1 Å². The minimum Gasteiger partial charge on any atom is -0.493 e. The number of nitrogens with one attached hydrogen (secondary N) is 3. The monoisotopic (exact) mass is 364 g/mol. The van der Waals surface area contributed by atoms with E-state index in [1.807, 2.05) is 13.8 Å². The SMILES string of the molecule is CCCC(=N)c1nc(-c2cc(NOCl)ccc2OCC)[nH]c(=O)c1C. The van der Waals surface area contributed by atoms with Crippen molar-refractivity contribution in [1.29, 1.82) is 5.41 Å². The molecule has 1 heterocycles. The molecule has 0 aliphatic carbocycles. The van der Waals surface area contributed by atoms with Gasteiger partial charge in [0.2, 0.25) is 0 Å². The van der Waals surface area contributed by atoms with Gasteiger partial charge in [0.1, 0.15) is 11.6 Å². The van der Waals surface area contributed by atoms with Crippen molar-refractivity contribution >= 4 is 23.3 Å². The molecular weight excluding hydrogens is 344 g/mol. The van der Waals surface area contributed by atoms with E-state index in [0.717, 1.165) is 6.42 Å². The summed E-state index contributed by atoms with van der Waals surface area (Å²) >= 11 is 5.24.